The number of hydrogen-bond acceptors (Lipinski definition) is 1. The summed E-state index contributed by atoms with van der Waals surface area (Å²) in [7, 11) is 0. The Morgan fingerprint density at radius 3 is 3.00 bits per heavy atom. The first-order valence-electron chi connectivity index (χ1n) is 4.25. The molecule has 1 aromatic rings. The van der Waals surface area contributed by atoms with E-state index in [1.54, 1.807) is 0 Å². The second-order valence-corrected chi connectivity index (χ2v) is 2.76. The van der Waals surface area contributed by atoms with Crippen LogP contribution < -0.4 is 0 Å². The number of halogens is 3. The molecule has 1 rings (SSSR count). The standard InChI is InChI=1S/C7H6BrF2N/c1-7(9,10)6-5(8)3-2-4-11-6/h2-4H,1H3/i1D3. The van der Waals surface area contributed by atoms with Crippen LogP contribution in [0.1, 0.15) is 16.7 Å². The fourth-order valence-corrected chi connectivity index (χ4v) is 1.12. The van der Waals surface area contributed by atoms with Crippen molar-refractivity contribution in [3.8, 4) is 0 Å². The second kappa shape index (κ2) is 2.85. The van der Waals surface area contributed by atoms with Gasteiger partial charge >= 0.3 is 0 Å². The maximum atomic E-state index is 13.3. The average Bonchev–Trinajstić information content (AvgIpc) is 2.02. The van der Waals surface area contributed by atoms with Crippen molar-refractivity contribution in [2.45, 2.75) is 12.8 Å². The largest absolute Gasteiger partial charge is 0.288 e. The van der Waals surface area contributed by atoms with Gasteiger partial charge in [-0.3, -0.25) is 4.98 Å². The van der Waals surface area contributed by atoms with Crippen molar-refractivity contribution in [3.63, 3.8) is 0 Å². The minimum atomic E-state index is -3.94. The summed E-state index contributed by atoms with van der Waals surface area (Å²) in [5, 5.41) is 0. The molecule has 1 nitrogen and oxygen atoms in total. The van der Waals surface area contributed by atoms with Crippen molar-refractivity contribution in [1.82, 2.24) is 4.98 Å². The minimum Gasteiger partial charge on any atom is -0.254 e. The van der Waals surface area contributed by atoms with E-state index in [1.807, 2.05) is 0 Å². The van der Waals surface area contributed by atoms with Gasteiger partial charge in [0.15, 0.2) is 0 Å². The predicted octanol–water partition coefficient (Wildman–Crippen LogP) is 2.96. The fourth-order valence-electron chi connectivity index (χ4n) is 0.617. The van der Waals surface area contributed by atoms with E-state index in [4.69, 9.17) is 4.11 Å². The van der Waals surface area contributed by atoms with Crippen LogP contribution in [-0.2, 0) is 5.92 Å². The first kappa shape index (κ1) is 5.19. The molecule has 0 saturated heterocycles. The zero-order valence-electron chi connectivity index (χ0n) is 8.31. The van der Waals surface area contributed by atoms with Gasteiger partial charge in [-0.15, -0.1) is 0 Å². The van der Waals surface area contributed by atoms with Crippen LogP contribution in [0.3, 0.4) is 0 Å². The molecule has 1 heterocycles. The summed E-state index contributed by atoms with van der Waals surface area (Å²) in [4.78, 5) is 3.36. The van der Waals surface area contributed by atoms with Gasteiger partial charge in [-0.25, -0.2) is 0 Å². The van der Waals surface area contributed by atoms with Crippen LogP contribution in [0.4, 0.5) is 8.78 Å². The molecule has 0 aliphatic heterocycles. The number of aromatic nitrogens is 1. The SMILES string of the molecule is [2H]C([2H])([2H])C(F)(F)c1ncccc1Br. The van der Waals surface area contributed by atoms with Crippen molar-refractivity contribution in [2.75, 3.05) is 0 Å². The molecule has 0 radical (unpaired) electrons. The number of rotatable bonds is 1. The van der Waals surface area contributed by atoms with Gasteiger partial charge < -0.3 is 0 Å². The highest BCUT2D eigenvalue weighted by atomic mass is 79.9. The van der Waals surface area contributed by atoms with Gasteiger partial charge in [0, 0.05) is 21.6 Å². The summed E-state index contributed by atoms with van der Waals surface area (Å²) < 4.78 is 46.6. The third-order valence-corrected chi connectivity index (χ3v) is 1.70. The Balaban J connectivity index is 3.23. The summed E-state index contributed by atoms with van der Waals surface area (Å²) >= 11 is 2.83. The highest BCUT2D eigenvalue weighted by molar-refractivity contribution is 9.10. The monoisotopic (exact) mass is 224 g/mol. The van der Waals surface area contributed by atoms with Gasteiger partial charge in [0.2, 0.25) is 0 Å². The zero-order valence-corrected chi connectivity index (χ0v) is 6.90. The first-order valence-corrected chi connectivity index (χ1v) is 3.55. The van der Waals surface area contributed by atoms with E-state index < -0.39 is 18.5 Å². The van der Waals surface area contributed by atoms with Gasteiger partial charge in [0.25, 0.3) is 5.92 Å². The molecule has 0 atom stereocenters. The molecule has 1 aromatic heterocycles. The normalized spacial score (nSPS) is 16.8. The Labute approximate surface area is 75.8 Å². The van der Waals surface area contributed by atoms with E-state index in [2.05, 4.69) is 20.9 Å². The number of hydrogen-bond donors (Lipinski definition) is 0. The fraction of sp³-hybridized carbons (Fsp3) is 0.286. The van der Waals surface area contributed by atoms with Crippen LogP contribution in [0, 0.1) is 0 Å². The lowest BCUT2D eigenvalue weighted by molar-refractivity contribution is 0.0119. The van der Waals surface area contributed by atoms with Crippen LogP contribution in [0.2, 0.25) is 0 Å². The summed E-state index contributed by atoms with van der Waals surface area (Å²) in [6.45, 7) is -3.39. The third-order valence-electron chi connectivity index (χ3n) is 1.06. The van der Waals surface area contributed by atoms with Gasteiger partial charge in [-0.05, 0) is 28.1 Å². The zero-order chi connectivity index (χ0) is 11.0. The Bertz CT molecular complexity index is 340. The highest BCUT2D eigenvalue weighted by Crippen LogP contribution is 2.30. The van der Waals surface area contributed by atoms with Crippen LogP contribution >= 0.6 is 15.9 Å². The Morgan fingerprint density at radius 2 is 2.45 bits per heavy atom. The summed E-state index contributed by atoms with van der Waals surface area (Å²) in [6.07, 6.45) is 1.12. The predicted molar refractivity (Wildman–Crippen MR) is 41.5 cm³/mol. The van der Waals surface area contributed by atoms with Gasteiger partial charge in [0.1, 0.15) is 5.69 Å². The van der Waals surface area contributed by atoms with Crippen molar-refractivity contribution in [1.29, 1.82) is 0 Å². The maximum absolute atomic E-state index is 13.3. The second-order valence-electron chi connectivity index (χ2n) is 1.91. The lowest BCUT2D eigenvalue weighted by Crippen LogP contribution is -2.10. The van der Waals surface area contributed by atoms with Crippen molar-refractivity contribution in [3.05, 3.63) is 28.5 Å². The molecule has 4 heteroatoms. The van der Waals surface area contributed by atoms with E-state index in [-0.39, 0.29) is 4.47 Å². The van der Waals surface area contributed by atoms with Crippen molar-refractivity contribution in [2.24, 2.45) is 0 Å². The highest BCUT2D eigenvalue weighted by Gasteiger charge is 2.28. The lowest BCUT2D eigenvalue weighted by Gasteiger charge is -2.09. The van der Waals surface area contributed by atoms with E-state index in [0.717, 1.165) is 6.20 Å². The molecule has 0 N–H and O–H groups in total. The molecule has 11 heavy (non-hydrogen) atoms. The molecule has 0 saturated carbocycles. The summed E-state index contributed by atoms with van der Waals surface area (Å²) in [5.41, 5.74) is -0.764. The molecule has 0 bridgehead atoms. The van der Waals surface area contributed by atoms with E-state index >= 15 is 0 Å². The topological polar surface area (TPSA) is 12.9 Å². The minimum absolute atomic E-state index is 0.0128. The van der Waals surface area contributed by atoms with Crippen LogP contribution in [0.25, 0.3) is 0 Å². The molecule has 0 amide bonds. The van der Waals surface area contributed by atoms with Gasteiger partial charge in [0.05, 0.1) is 0 Å². The number of alkyl halides is 2. The first-order chi connectivity index (χ1) is 6.27. The summed E-state index contributed by atoms with van der Waals surface area (Å²) in [5.74, 6) is -3.94. The molecule has 0 aromatic carbocycles. The summed E-state index contributed by atoms with van der Waals surface area (Å²) in [6, 6.07) is 2.76. The van der Waals surface area contributed by atoms with E-state index in [9.17, 15) is 8.78 Å². The Morgan fingerprint density at radius 1 is 1.73 bits per heavy atom. The number of pyridine rings is 1. The van der Waals surface area contributed by atoms with Crippen molar-refractivity contribution < 1.29 is 12.9 Å². The molecular formula is C7H6BrF2N. The van der Waals surface area contributed by atoms with E-state index in [1.165, 1.54) is 12.1 Å². The molecule has 60 valence electrons. The number of nitrogens with zero attached hydrogens (tertiary/aromatic N) is 1. The molecule has 0 fully saturated rings. The molecule has 0 aliphatic carbocycles. The molecule has 0 unspecified atom stereocenters. The Hall–Kier alpha value is -0.510. The third kappa shape index (κ3) is 1.96. The van der Waals surface area contributed by atoms with Crippen LogP contribution in [0.5, 0.6) is 0 Å². The molecule has 0 aliphatic rings. The van der Waals surface area contributed by atoms with Gasteiger partial charge in [-0.1, -0.05) is 0 Å². The smallest absolute Gasteiger partial charge is 0.254 e. The average molecular weight is 225 g/mol. The van der Waals surface area contributed by atoms with Gasteiger partial charge in [-0.2, -0.15) is 8.78 Å². The quantitative estimate of drug-likeness (QED) is 0.715. The molecular weight excluding hydrogens is 216 g/mol. The maximum Gasteiger partial charge on any atom is 0.288 e. The van der Waals surface area contributed by atoms with Crippen molar-refractivity contribution >= 4 is 15.9 Å². The molecule has 0 spiro atoms. The Kier molecular flexibility index (Phi) is 1.35. The lowest BCUT2D eigenvalue weighted by atomic mass is 10.2. The van der Waals surface area contributed by atoms with E-state index in [0.29, 0.717) is 0 Å². The van der Waals surface area contributed by atoms with Crippen LogP contribution in [-0.4, -0.2) is 4.98 Å². The van der Waals surface area contributed by atoms with Crippen LogP contribution in [0.15, 0.2) is 22.8 Å².